The third-order valence-corrected chi connectivity index (χ3v) is 3.36. The van der Waals surface area contributed by atoms with E-state index in [0.29, 0.717) is 11.7 Å². The van der Waals surface area contributed by atoms with Crippen LogP contribution in [0.15, 0.2) is 18.2 Å². The average molecular weight is 249 g/mol. The van der Waals surface area contributed by atoms with Crippen LogP contribution in [-0.2, 0) is 6.42 Å². The van der Waals surface area contributed by atoms with Gasteiger partial charge in [0.25, 0.3) is 0 Å². The zero-order valence-corrected chi connectivity index (χ0v) is 10.8. The molecule has 17 heavy (non-hydrogen) atoms. The largest absolute Gasteiger partial charge is 0.493 e. The normalized spacial score (nSPS) is 10.5. The molecule has 0 spiro atoms. The van der Waals surface area contributed by atoms with Gasteiger partial charge in [0, 0.05) is 6.42 Å². The first-order chi connectivity index (χ1) is 8.15. The molecule has 0 saturated heterocycles. The van der Waals surface area contributed by atoms with E-state index in [0.717, 1.165) is 17.2 Å². The number of hydrogen-bond acceptors (Lipinski definition) is 5. The van der Waals surface area contributed by atoms with Gasteiger partial charge in [0.1, 0.15) is 10.8 Å². The fourth-order valence-corrected chi connectivity index (χ4v) is 2.02. The number of nitrogens with two attached hydrogens (primary N) is 1. The quantitative estimate of drug-likeness (QED) is 0.903. The lowest BCUT2D eigenvalue weighted by molar-refractivity contribution is 0.321. The Morgan fingerprint density at radius 1 is 1.24 bits per heavy atom. The molecule has 2 N–H and O–H groups in total. The summed E-state index contributed by atoms with van der Waals surface area (Å²) in [6, 6.07) is 6.09. The molecule has 0 saturated carbocycles. The van der Waals surface area contributed by atoms with Gasteiger partial charge in [-0.2, -0.15) is 0 Å². The smallest absolute Gasteiger partial charge is 0.203 e. The van der Waals surface area contributed by atoms with Crippen molar-refractivity contribution in [2.45, 2.75) is 20.3 Å². The van der Waals surface area contributed by atoms with Crippen LogP contribution in [-0.4, -0.2) is 16.8 Å². The van der Waals surface area contributed by atoms with Crippen LogP contribution in [0.25, 0.3) is 0 Å². The van der Waals surface area contributed by atoms with Gasteiger partial charge in [-0.3, -0.25) is 0 Å². The highest BCUT2D eigenvalue weighted by Gasteiger charge is 2.02. The van der Waals surface area contributed by atoms with Crippen molar-refractivity contribution in [2.24, 2.45) is 0 Å². The zero-order chi connectivity index (χ0) is 12.3. The standard InChI is InChI=1S/C12H15N3OS/c1-8-3-4-10(7-9(8)2)16-6-5-11-14-15-12(13)17-11/h3-4,7H,5-6H2,1-2H3,(H2,13,15). The fourth-order valence-electron chi connectivity index (χ4n) is 1.43. The molecule has 1 heterocycles. The van der Waals surface area contributed by atoms with Crippen LogP contribution in [0, 0.1) is 13.8 Å². The summed E-state index contributed by atoms with van der Waals surface area (Å²) in [6.07, 6.45) is 0.738. The highest BCUT2D eigenvalue weighted by molar-refractivity contribution is 7.15. The van der Waals surface area contributed by atoms with Crippen LogP contribution in [0.5, 0.6) is 5.75 Å². The molecule has 90 valence electrons. The maximum atomic E-state index is 5.65. The summed E-state index contributed by atoms with van der Waals surface area (Å²) in [5, 5.41) is 9.12. The molecular formula is C12H15N3OS. The molecule has 4 nitrogen and oxygen atoms in total. The SMILES string of the molecule is Cc1ccc(OCCc2nnc(N)s2)cc1C. The molecule has 5 heteroatoms. The van der Waals surface area contributed by atoms with E-state index in [2.05, 4.69) is 30.1 Å². The van der Waals surface area contributed by atoms with E-state index in [9.17, 15) is 0 Å². The van der Waals surface area contributed by atoms with Crippen molar-refractivity contribution in [1.29, 1.82) is 0 Å². The third-order valence-electron chi connectivity index (χ3n) is 2.55. The summed E-state index contributed by atoms with van der Waals surface area (Å²) >= 11 is 1.40. The maximum absolute atomic E-state index is 5.65. The second kappa shape index (κ2) is 5.14. The van der Waals surface area contributed by atoms with Gasteiger partial charge in [0.2, 0.25) is 5.13 Å². The number of hydrogen-bond donors (Lipinski definition) is 1. The maximum Gasteiger partial charge on any atom is 0.203 e. The van der Waals surface area contributed by atoms with Crippen molar-refractivity contribution in [1.82, 2.24) is 10.2 Å². The first-order valence-corrected chi connectivity index (χ1v) is 6.25. The van der Waals surface area contributed by atoms with Gasteiger partial charge >= 0.3 is 0 Å². The van der Waals surface area contributed by atoms with Crippen molar-refractivity contribution in [2.75, 3.05) is 12.3 Å². The van der Waals surface area contributed by atoms with Crippen molar-refractivity contribution in [3.63, 3.8) is 0 Å². The monoisotopic (exact) mass is 249 g/mol. The molecule has 1 aromatic heterocycles. The Bertz CT molecular complexity index is 510. The molecule has 0 amide bonds. The number of aromatic nitrogens is 2. The number of nitrogens with zero attached hydrogens (tertiary/aromatic N) is 2. The van der Waals surface area contributed by atoms with Crippen LogP contribution in [0.4, 0.5) is 5.13 Å². The van der Waals surface area contributed by atoms with E-state index in [1.54, 1.807) is 0 Å². The highest BCUT2D eigenvalue weighted by atomic mass is 32.1. The number of anilines is 1. The van der Waals surface area contributed by atoms with Gasteiger partial charge in [0.05, 0.1) is 6.61 Å². The number of nitrogen functional groups attached to an aromatic ring is 1. The molecule has 0 aliphatic carbocycles. The Morgan fingerprint density at radius 3 is 2.71 bits per heavy atom. The lowest BCUT2D eigenvalue weighted by atomic mass is 10.1. The molecule has 2 aromatic rings. The molecule has 0 fully saturated rings. The number of aryl methyl sites for hydroxylation is 2. The van der Waals surface area contributed by atoms with Crippen LogP contribution < -0.4 is 10.5 Å². The summed E-state index contributed by atoms with van der Waals surface area (Å²) in [7, 11) is 0. The first-order valence-electron chi connectivity index (χ1n) is 5.43. The van der Waals surface area contributed by atoms with Crippen LogP contribution >= 0.6 is 11.3 Å². The Balaban J connectivity index is 1.87. The van der Waals surface area contributed by atoms with E-state index in [1.165, 1.54) is 22.5 Å². The lowest BCUT2D eigenvalue weighted by Crippen LogP contribution is -2.01. The van der Waals surface area contributed by atoms with Crippen molar-refractivity contribution >= 4 is 16.5 Å². The van der Waals surface area contributed by atoms with Gasteiger partial charge < -0.3 is 10.5 Å². The van der Waals surface area contributed by atoms with E-state index in [-0.39, 0.29) is 0 Å². The van der Waals surface area contributed by atoms with Crippen LogP contribution in [0.2, 0.25) is 0 Å². The van der Waals surface area contributed by atoms with Crippen molar-refractivity contribution in [3.05, 3.63) is 34.3 Å². The molecule has 0 bridgehead atoms. The molecule has 0 radical (unpaired) electrons. The third kappa shape index (κ3) is 3.17. The minimum Gasteiger partial charge on any atom is -0.493 e. The fraction of sp³-hybridized carbons (Fsp3) is 0.333. The lowest BCUT2D eigenvalue weighted by Gasteiger charge is -2.07. The van der Waals surface area contributed by atoms with Crippen molar-refractivity contribution in [3.8, 4) is 5.75 Å². The van der Waals surface area contributed by atoms with Crippen molar-refractivity contribution < 1.29 is 4.74 Å². The molecule has 0 atom stereocenters. The minimum atomic E-state index is 0.506. The minimum absolute atomic E-state index is 0.506. The van der Waals surface area contributed by atoms with Gasteiger partial charge in [-0.1, -0.05) is 17.4 Å². The Kier molecular flexibility index (Phi) is 3.58. The zero-order valence-electron chi connectivity index (χ0n) is 9.93. The summed E-state index contributed by atoms with van der Waals surface area (Å²) in [5.41, 5.74) is 8.01. The van der Waals surface area contributed by atoms with Gasteiger partial charge in [-0.15, -0.1) is 10.2 Å². The van der Waals surface area contributed by atoms with E-state index < -0.39 is 0 Å². The summed E-state index contributed by atoms with van der Waals surface area (Å²) in [4.78, 5) is 0. The highest BCUT2D eigenvalue weighted by Crippen LogP contribution is 2.17. The molecular weight excluding hydrogens is 234 g/mol. The number of benzene rings is 1. The Labute approximate surface area is 104 Å². The number of ether oxygens (including phenoxy) is 1. The van der Waals surface area contributed by atoms with Gasteiger partial charge in [-0.05, 0) is 37.1 Å². The Morgan fingerprint density at radius 2 is 2.06 bits per heavy atom. The van der Waals surface area contributed by atoms with Gasteiger partial charge in [0.15, 0.2) is 0 Å². The molecule has 1 aromatic carbocycles. The second-order valence-electron chi connectivity index (χ2n) is 3.88. The van der Waals surface area contributed by atoms with E-state index >= 15 is 0 Å². The van der Waals surface area contributed by atoms with Crippen LogP contribution in [0.1, 0.15) is 16.1 Å². The molecule has 0 aliphatic rings. The number of rotatable bonds is 4. The van der Waals surface area contributed by atoms with Crippen LogP contribution in [0.3, 0.4) is 0 Å². The first kappa shape index (κ1) is 11.9. The summed E-state index contributed by atoms with van der Waals surface area (Å²) in [6.45, 7) is 4.76. The topological polar surface area (TPSA) is 61.0 Å². The van der Waals surface area contributed by atoms with E-state index in [1.807, 2.05) is 12.1 Å². The predicted octanol–water partition coefficient (Wildman–Crippen LogP) is 2.36. The average Bonchev–Trinajstić information content (AvgIpc) is 2.70. The van der Waals surface area contributed by atoms with E-state index in [4.69, 9.17) is 10.5 Å². The van der Waals surface area contributed by atoms with Gasteiger partial charge in [-0.25, -0.2) is 0 Å². The molecule has 2 rings (SSSR count). The molecule has 0 unspecified atom stereocenters. The summed E-state index contributed by atoms with van der Waals surface area (Å²) in [5.74, 6) is 0.894. The summed E-state index contributed by atoms with van der Waals surface area (Å²) < 4.78 is 5.65. The second-order valence-corrected chi connectivity index (χ2v) is 4.97. The predicted molar refractivity (Wildman–Crippen MR) is 69.4 cm³/mol. The Hall–Kier alpha value is -1.62. The molecule has 0 aliphatic heterocycles.